The molecule has 7 nitrogen and oxygen atoms in total. The van der Waals surface area contributed by atoms with Crippen LogP contribution in [0, 0.1) is 0 Å². The van der Waals surface area contributed by atoms with Crippen LogP contribution in [0.3, 0.4) is 0 Å². The lowest BCUT2D eigenvalue weighted by Crippen LogP contribution is -2.48. The van der Waals surface area contributed by atoms with Gasteiger partial charge in [0.2, 0.25) is 5.88 Å². The molecule has 0 bridgehead atoms. The molecule has 1 aromatic carbocycles. The van der Waals surface area contributed by atoms with Crippen LogP contribution < -0.4 is 9.47 Å². The highest BCUT2D eigenvalue weighted by atomic mass is 16.5. The summed E-state index contributed by atoms with van der Waals surface area (Å²) in [6, 6.07) is 11.6. The summed E-state index contributed by atoms with van der Waals surface area (Å²) < 4.78 is 13.5. The van der Waals surface area contributed by atoms with E-state index in [1.165, 1.54) is 0 Å². The molecule has 0 saturated carbocycles. The van der Waals surface area contributed by atoms with E-state index in [1.54, 1.807) is 18.0 Å². The number of nitrogens with zero attached hydrogens (tertiary/aromatic N) is 5. The van der Waals surface area contributed by atoms with E-state index in [-0.39, 0.29) is 11.6 Å². The number of aromatic nitrogens is 4. The molecule has 0 N–H and O–H groups in total. The lowest BCUT2D eigenvalue weighted by molar-refractivity contribution is 0.0468. The average molecular weight is 408 g/mol. The molecule has 30 heavy (non-hydrogen) atoms. The minimum absolute atomic E-state index is 0.187. The molecule has 0 amide bonds. The molecular weight excluding hydrogens is 378 g/mol. The average Bonchev–Trinajstić information content (AvgIpc) is 3.29. The zero-order valence-electron chi connectivity index (χ0n) is 18.1. The van der Waals surface area contributed by atoms with Gasteiger partial charge in [-0.15, -0.1) is 10.2 Å². The highest BCUT2D eigenvalue weighted by Crippen LogP contribution is 2.31. The number of benzene rings is 1. The Kier molecular flexibility index (Phi) is 5.72. The molecule has 4 rings (SSSR count). The van der Waals surface area contributed by atoms with Gasteiger partial charge in [-0.05, 0) is 57.9 Å². The summed E-state index contributed by atoms with van der Waals surface area (Å²) in [5.41, 5.74) is 2.76. The number of methoxy groups -OCH3 is 1. The summed E-state index contributed by atoms with van der Waals surface area (Å²) in [6.45, 7) is 8.86. The van der Waals surface area contributed by atoms with Gasteiger partial charge in [0, 0.05) is 48.7 Å². The summed E-state index contributed by atoms with van der Waals surface area (Å²) in [6.07, 6.45) is 5.84. The Morgan fingerprint density at radius 2 is 1.83 bits per heavy atom. The minimum atomic E-state index is 0.187. The van der Waals surface area contributed by atoms with Crippen molar-refractivity contribution in [3.8, 4) is 28.6 Å². The number of piperidine rings is 1. The summed E-state index contributed by atoms with van der Waals surface area (Å²) in [5.74, 6) is 1.29. The highest BCUT2D eigenvalue weighted by molar-refractivity contribution is 5.69. The van der Waals surface area contributed by atoms with E-state index in [1.807, 2.05) is 42.6 Å². The van der Waals surface area contributed by atoms with Gasteiger partial charge < -0.3 is 9.47 Å². The molecule has 0 atom stereocenters. The maximum Gasteiger partial charge on any atom is 0.233 e. The third-order valence-corrected chi connectivity index (χ3v) is 5.55. The van der Waals surface area contributed by atoms with Crippen LogP contribution in [0.15, 0.2) is 48.8 Å². The number of likely N-dealkylation sites (tertiary alicyclic amines) is 1. The van der Waals surface area contributed by atoms with Crippen LogP contribution in [0.2, 0.25) is 0 Å². The SMILES string of the molecule is COc1cc(-n2cccn2)ccc1-c1ccc(OC2CCN(C(C)(C)C)CC2)nn1. The van der Waals surface area contributed by atoms with Crippen LogP contribution in [0.1, 0.15) is 33.6 Å². The molecule has 0 radical (unpaired) electrons. The van der Waals surface area contributed by atoms with Crippen molar-refractivity contribution in [1.29, 1.82) is 0 Å². The maximum atomic E-state index is 6.09. The Morgan fingerprint density at radius 1 is 1.03 bits per heavy atom. The third kappa shape index (κ3) is 4.46. The van der Waals surface area contributed by atoms with Crippen LogP contribution in [0.25, 0.3) is 16.9 Å². The molecule has 2 aromatic heterocycles. The normalized spacial score (nSPS) is 15.9. The van der Waals surface area contributed by atoms with Gasteiger partial charge >= 0.3 is 0 Å². The Bertz CT molecular complexity index is 956. The van der Waals surface area contributed by atoms with E-state index in [2.05, 4.69) is 41.0 Å². The molecular formula is C23H29N5O2. The van der Waals surface area contributed by atoms with Crippen molar-refractivity contribution >= 4 is 0 Å². The third-order valence-electron chi connectivity index (χ3n) is 5.55. The predicted molar refractivity (Wildman–Crippen MR) is 116 cm³/mol. The minimum Gasteiger partial charge on any atom is -0.496 e. The molecule has 1 saturated heterocycles. The largest absolute Gasteiger partial charge is 0.496 e. The van der Waals surface area contributed by atoms with Crippen molar-refractivity contribution in [2.75, 3.05) is 20.2 Å². The molecule has 1 fully saturated rings. The molecule has 1 aliphatic heterocycles. The molecule has 158 valence electrons. The summed E-state index contributed by atoms with van der Waals surface area (Å²) in [7, 11) is 1.65. The quantitative estimate of drug-likeness (QED) is 0.637. The van der Waals surface area contributed by atoms with Crippen LogP contribution in [-0.4, -0.2) is 56.7 Å². The lowest BCUT2D eigenvalue weighted by Gasteiger charge is -2.40. The zero-order chi connectivity index (χ0) is 21.1. The molecule has 0 aliphatic carbocycles. The number of rotatable bonds is 5. The zero-order valence-corrected chi connectivity index (χ0v) is 18.1. The topological polar surface area (TPSA) is 65.3 Å². The van der Waals surface area contributed by atoms with E-state index in [0.717, 1.165) is 48.6 Å². The fourth-order valence-corrected chi connectivity index (χ4v) is 3.80. The second-order valence-electron chi connectivity index (χ2n) is 8.57. The van der Waals surface area contributed by atoms with Crippen LogP contribution in [-0.2, 0) is 0 Å². The molecule has 3 aromatic rings. The van der Waals surface area contributed by atoms with E-state index < -0.39 is 0 Å². The van der Waals surface area contributed by atoms with Gasteiger partial charge in [-0.2, -0.15) is 5.10 Å². The smallest absolute Gasteiger partial charge is 0.233 e. The van der Waals surface area contributed by atoms with Gasteiger partial charge in [-0.1, -0.05) is 0 Å². The van der Waals surface area contributed by atoms with E-state index in [4.69, 9.17) is 9.47 Å². The van der Waals surface area contributed by atoms with Gasteiger partial charge in [0.1, 0.15) is 11.9 Å². The summed E-state index contributed by atoms with van der Waals surface area (Å²) in [4.78, 5) is 2.50. The number of hydrogen-bond acceptors (Lipinski definition) is 6. The Balaban J connectivity index is 1.44. The summed E-state index contributed by atoms with van der Waals surface area (Å²) >= 11 is 0. The van der Waals surface area contributed by atoms with Crippen molar-refractivity contribution in [3.05, 3.63) is 48.8 Å². The predicted octanol–water partition coefficient (Wildman–Crippen LogP) is 3.98. The monoisotopic (exact) mass is 407 g/mol. The Morgan fingerprint density at radius 3 is 2.43 bits per heavy atom. The van der Waals surface area contributed by atoms with Crippen molar-refractivity contribution in [1.82, 2.24) is 24.9 Å². The fraction of sp³-hybridized carbons (Fsp3) is 0.435. The van der Waals surface area contributed by atoms with Gasteiger partial charge in [0.25, 0.3) is 0 Å². The van der Waals surface area contributed by atoms with Crippen molar-refractivity contribution < 1.29 is 9.47 Å². The lowest BCUT2D eigenvalue weighted by atomic mass is 9.99. The van der Waals surface area contributed by atoms with Crippen molar-refractivity contribution in [3.63, 3.8) is 0 Å². The van der Waals surface area contributed by atoms with Gasteiger partial charge in [0.05, 0.1) is 18.5 Å². The van der Waals surface area contributed by atoms with Gasteiger partial charge in [-0.3, -0.25) is 4.90 Å². The molecule has 7 heteroatoms. The Labute approximate surface area is 177 Å². The molecule has 0 spiro atoms. The van der Waals surface area contributed by atoms with Crippen LogP contribution in [0.5, 0.6) is 11.6 Å². The first-order valence-corrected chi connectivity index (χ1v) is 10.4. The molecule has 1 aliphatic rings. The van der Waals surface area contributed by atoms with E-state index in [0.29, 0.717) is 5.88 Å². The maximum absolute atomic E-state index is 6.09. The van der Waals surface area contributed by atoms with Crippen LogP contribution in [0.4, 0.5) is 0 Å². The first-order chi connectivity index (χ1) is 14.4. The number of ether oxygens (including phenoxy) is 2. The van der Waals surface area contributed by atoms with Crippen molar-refractivity contribution in [2.24, 2.45) is 0 Å². The molecule has 0 unspecified atom stereocenters. The first kappa shape index (κ1) is 20.3. The first-order valence-electron chi connectivity index (χ1n) is 10.4. The number of hydrogen-bond donors (Lipinski definition) is 0. The second kappa shape index (κ2) is 8.44. The second-order valence-corrected chi connectivity index (χ2v) is 8.57. The fourth-order valence-electron chi connectivity index (χ4n) is 3.80. The van der Waals surface area contributed by atoms with Crippen LogP contribution >= 0.6 is 0 Å². The Hall–Kier alpha value is -2.93. The van der Waals surface area contributed by atoms with Gasteiger partial charge in [-0.25, -0.2) is 4.68 Å². The van der Waals surface area contributed by atoms with E-state index in [9.17, 15) is 0 Å². The van der Waals surface area contributed by atoms with Gasteiger partial charge in [0.15, 0.2) is 0 Å². The highest BCUT2D eigenvalue weighted by Gasteiger charge is 2.28. The van der Waals surface area contributed by atoms with Crippen molar-refractivity contribution in [2.45, 2.75) is 45.3 Å². The molecule has 3 heterocycles. The summed E-state index contributed by atoms with van der Waals surface area (Å²) in [5, 5.41) is 13.0. The van der Waals surface area contributed by atoms with E-state index >= 15 is 0 Å². The standard InChI is InChI=1S/C23H29N5O2/c1-23(2,3)27-14-10-18(11-15-27)30-22-9-8-20(25-26-22)19-7-6-17(16-21(19)29-4)28-13-5-12-24-28/h5-9,12-13,16,18H,10-11,14-15H2,1-4H3.